The van der Waals surface area contributed by atoms with E-state index >= 15 is 0 Å². The standard InChI is InChI=1S/C12H15NO4/c14-5-9-10(6-15)11(9)7-1-3-8(4-2-7)13-12(16)17/h1-4,9-11,13-15H,5-6H2,(H,16,17)/t9-,10+,11?. The van der Waals surface area contributed by atoms with E-state index in [1.54, 1.807) is 12.1 Å². The number of carboxylic acid groups (broad SMARTS) is 1. The zero-order valence-corrected chi connectivity index (χ0v) is 9.21. The van der Waals surface area contributed by atoms with Gasteiger partial charge in [0.05, 0.1) is 0 Å². The van der Waals surface area contributed by atoms with Crippen LogP contribution >= 0.6 is 0 Å². The molecule has 1 unspecified atom stereocenters. The summed E-state index contributed by atoms with van der Waals surface area (Å²) in [5, 5.41) is 29.0. The van der Waals surface area contributed by atoms with E-state index in [1.165, 1.54) is 0 Å². The molecule has 0 bridgehead atoms. The topological polar surface area (TPSA) is 89.8 Å². The van der Waals surface area contributed by atoms with Crippen LogP contribution in [0, 0.1) is 11.8 Å². The Morgan fingerprint density at radius 3 is 2.06 bits per heavy atom. The quantitative estimate of drug-likeness (QED) is 0.631. The Morgan fingerprint density at radius 2 is 1.65 bits per heavy atom. The fourth-order valence-corrected chi connectivity index (χ4v) is 2.35. The molecule has 1 aliphatic carbocycles. The minimum atomic E-state index is -1.09. The van der Waals surface area contributed by atoms with E-state index in [9.17, 15) is 4.79 Å². The van der Waals surface area contributed by atoms with Crippen LogP contribution in [-0.4, -0.2) is 34.6 Å². The van der Waals surface area contributed by atoms with Gasteiger partial charge in [-0.1, -0.05) is 12.1 Å². The van der Waals surface area contributed by atoms with Crippen LogP contribution in [0.4, 0.5) is 10.5 Å². The van der Waals surface area contributed by atoms with E-state index in [0.717, 1.165) is 5.56 Å². The number of hydrogen-bond acceptors (Lipinski definition) is 3. The van der Waals surface area contributed by atoms with Crippen LogP contribution in [0.2, 0.25) is 0 Å². The Morgan fingerprint density at radius 1 is 1.12 bits per heavy atom. The third-order valence-corrected chi connectivity index (χ3v) is 3.30. The van der Waals surface area contributed by atoms with Gasteiger partial charge in [0.2, 0.25) is 0 Å². The lowest BCUT2D eigenvalue weighted by Gasteiger charge is -2.03. The van der Waals surface area contributed by atoms with Gasteiger partial charge in [-0.05, 0) is 35.4 Å². The summed E-state index contributed by atoms with van der Waals surface area (Å²) in [6, 6.07) is 7.03. The SMILES string of the molecule is O=C(O)Nc1ccc(C2[C@@H](CO)[C@H]2CO)cc1. The van der Waals surface area contributed by atoms with Crippen LogP contribution in [0.3, 0.4) is 0 Å². The van der Waals surface area contributed by atoms with Crippen LogP contribution in [0.5, 0.6) is 0 Å². The Hall–Kier alpha value is -1.59. The number of rotatable bonds is 4. The first-order valence-corrected chi connectivity index (χ1v) is 5.49. The summed E-state index contributed by atoms with van der Waals surface area (Å²) in [4.78, 5) is 10.4. The van der Waals surface area contributed by atoms with Crippen LogP contribution < -0.4 is 5.32 Å². The molecular formula is C12H15NO4. The summed E-state index contributed by atoms with van der Waals surface area (Å²) in [7, 11) is 0. The predicted molar refractivity (Wildman–Crippen MR) is 62.0 cm³/mol. The number of anilines is 1. The van der Waals surface area contributed by atoms with Crippen molar-refractivity contribution in [2.75, 3.05) is 18.5 Å². The summed E-state index contributed by atoms with van der Waals surface area (Å²) < 4.78 is 0. The fraction of sp³-hybridized carbons (Fsp3) is 0.417. The average Bonchev–Trinajstić information content (AvgIpc) is 3.02. The van der Waals surface area contributed by atoms with Gasteiger partial charge in [-0.2, -0.15) is 0 Å². The molecule has 0 aliphatic heterocycles. The van der Waals surface area contributed by atoms with Gasteiger partial charge in [-0.15, -0.1) is 0 Å². The molecule has 1 amide bonds. The van der Waals surface area contributed by atoms with E-state index in [1.807, 2.05) is 12.1 Å². The van der Waals surface area contributed by atoms with Crippen LogP contribution in [0.25, 0.3) is 0 Å². The molecule has 92 valence electrons. The first-order chi connectivity index (χ1) is 8.17. The highest BCUT2D eigenvalue weighted by Crippen LogP contribution is 2.53. The Balaban J connectivity index is 2.06. The van der Waals surface area contributed by atoms with Crippen molar-refractivity contribution in [1.82, 2.24) is 0 Å². The Bertz CT molecular complexity index is 393. The molecule has 0 aromatic heterocycles. The highest BCUT2D eigenvalue weighted by Gasteiger charge is 2.49. The van der Waals surface area contributed by atoms with Crippen molar-refractivity contribution in [3.8, 4) is 0 Å². The number of benzene rings is 1. The number of nitrogens with one attached hydrogen (secondary N) is 1. The minimum Gasteiger partial charge on any atom is -0.465 e. The lowest BCUT2D eigenvalue weighted by molar-refractivity contribution is 0.209. The zero-order valence-electron chi connectivity index (χ0n) is 9.21. The molecule has 1 aromatic carbocycles. The molecule has 0 spiro atoms. The lowest BCUT2D eigenvalue weighted by atomic mass is 10.1. The van der Waals surface area contributed by atoms with Crippen molar-refractivity contribution in [1.29, 1.82) is 0 Å². The largest absolute Gasteiger partial charge is 0.465 e. The summed E-state index contributed by atoms with van der Waals surface area (Å²) >= 11 is 0. The molecule has 1 aromatic rings. The van der Waals surface area contributed by atoms with Gasteiger partial charge in [0, 0.05) is 18.9 Å². The minimum absolute atomic E-state index is 0.0744. The predicted octanol–water partition coefficient (Wildman–Crippen LogP) is 1.09. The number of carbonyl (C=O) groups is 1. The Labute approximate surface area is 98.7 Å². The molecule has 0 radical (unpaired) electrons. The van der Waals surface area contributed by atoms with Crippen molar-refractivity contribution in [2.24, 2.45) is 11.8 Å². The molecule has 4 N–H and O–H groups in total. The van der Waals surface area contributed by atoms with Crippen molar-refractivity contribution in [3.63, 3.8) is 0 Å². The molecule has 5 nitrogen and oxygen atoms in total. The van der Waals surface area contributed by atoms with Gasteiger partial charge in [0.1, 0.15) is 0 Å². The molecule has 17 heavy (non-hydrogen) atoms. The molecule has 1 aliphatic rings. The summed E-state index contributed by atoms with van der Waals surface area (Å²) in [6.07, 6.45) is -1.09. The second-order valence-corrected chi connectivity index (χ2v) is 4.27. The first-order valence-electron chi connectivity index (χ1n) is 5.49. The monoisotopic (exact) mass is 237 g/mol. The van der Waals surface area contributed by atoms with Gasteiger partial charge >= 0.3 is 6.09 Å². The summed E-state index contributed by atoms with van der Waals surface area (Å²) in [6.45, 7) is 0.149. The maximum atomic E-state index is 10.4. The smallest absolute Gasteiger partial charge is 0.409 e. The summed E-state index contributed by atoms with van der Waals surface area (Å²) in [5.41, 5.74) is 1.54. The van der Waals surface area contributed by atoms with Gasteiger partial charge in [-0.3, -0.25) is 5.32 Å². The highest BCUT2D eigenvalue weighted by atomic mass is 16.4. The maximum absolute atomic E-state index is 10.4. The molecule has 2 rings (SSSR count). The van der Waals surface area contributed by atoms with Crippen molar-refractivity contribution < 1.29 is 20.1 Å². The summed E-state index contributed by atoms with van der Waals surface area (Å²) in [5.74, 6) is 0.431. The molecule has 1 fully saturated rings. The molecule has 0 heterocycles. The molecule has 0 saturated heterocycles. The molecule has 5 heteroatoms. The Kier molecular flexibility index (Phi) is 3.31. The lowest BCUT2D eigenvalue weighted by Crippen LogP contribution is -2.06. The zero-order chi connectivity index (χ0) is 12.4. The van der Waals surface area contributed by atoms with E-state index in [2.05, 4.69) is 5.32 Å². The third-order valence-electron chi connectivity index (χ3n) is 3.30. The van der Waals surface area contributed by atoms with Gasteiger partial charge < -0.3 is 15.3 Å². The third kappa shape index (κ3) is 2.40. The van der Waals surface area contributed by atoms with E-state index in [-0.39, 0.29) is 31.0 Å². The number of aliphatic hydroxyl groups excluding tert-OH is 2. The number of amides is 1. The van der Waals surface area contributed by atoms with E-state index in [4.69, 9.17) is 15.3 Å². The van der Waals surface area contributed by atoms with Gasteiger partial charge in [-0.25, -0.2) is 4.79 Å². The van der Waals surface area contributed by atoms with Crippen molar-refractivity contribution in [2.45, 2.75) is 5.92 Å². The van der Waals surface area contributed by atoms with Crippen LogP contribution in [-0.2, 0) is 0 Å². The number of hydrogen-bond donors (Lipinski definition) is 4. The van der Waals surface area contributed by atoms with E-state index < -0.39 is 6.09 Å². The fourth-order valence-electron chi connectivity index (χ4n) is 2.35. The molecular weight excluding hydrogens is 222 g/mol. The second-order valence-electron chi connectivity index (χ2n) is 4.27. The van der Waals surface area contributed by atoms with Crippen molar-refractivity contribution in [3.05, 3.63) is 29.8 Å². The van der Waals surface area contributed by atoms with Gasteiger partial charge in [0.25, 0.3) is 0 Å². The second kappa shape index (κ2) is 4.73. The first kappa shape index (κ1) is 11.9. The highest BCUT2D eigenvalue weighted by molar-refractivity contribution is 5.82. The van der Waals surface area contributed by atoms with E-state index in [0.29, 0.717) is 5.69 Å². The molecule has 3 atom stereocenters. The van der Waals surface area contributed by atoms with Crippen molar-refractivity contribution >= 4 is 11.8 Å². The average molecular weight is 237 g/mol. The van der Waals surface area contributed by atoms with Crippen LogP contribution in [0.15, 0.2) is 24.3 Å². The maximum Gasteiger partial charge on any atom is 0.409 e. The van der Waals surface area contributed by atoms with Crippen LogP contribution in [0.1, 0.15) is 11.5 Å². The number of aliphatic hydroxyl groups is 2. The normalized spacial score (nSPS) is 26.6. The van der Waals surface area contributed by atoms with Gasteiger partial charge in [0.15, 0.2) is 0 Å². The molecule has 1 saturated carbocycles.